The first-order chi connectivity index (χ1) is 22.2. The Kier molecular flexibility index (Phi) is 6.95. The lowest BCUT2D eigenvalue weighted by molar-refractivity contribution is 0.754. The van der Waals surface area contributed by atoms with Crippen molar-refractivity contribution in [2.75, 3.05) is 0 Å². The summed E-state index contributed by atoms with van der Waals surface area (Å²) in [4.78, 5) is 19.3. The van der Waals surface area contributed by atoms with Crippen LogP contribution in [0, 0.1) is 0 Å². The van der Waals surface area contributed by atoms with Gasteiger partial charge in [-0.05, 0) is 106 Å². The average Bonchev–Trinajstić information content (AvgIpc) is 3.11. The Morgan fingerprint density at radius 2 is 1.38 bits per heavy atom. The molecule has 0 fully saturated rings. The molecule has 0 radical (unpaired) electrons. The van der Waals surface area contributed by atoms with Crippen LogP contribution in [0.4, 0.5) is 0 Å². The molecule has 0 saturated heterocycles. The van der Waals surface area contributed by atoms with E-state index in [1.54, 1.807) is 0 Å². The van der Waals surface area contributed by atoms with Crippen molar-refractivity contribution in [1.29, 1.82) is 0 Å². The summed E-state index contributed by atoms with van der Waals surface area (Å²) >= 11 is 0. The number of benzene rings is 4. The molecular formula is C41H32N4. The fraction of sp³-hybridized carbons (Fsp3) is 0.122. The number of hydrogen-bond acceptors (Lipinski definition) is 4. The molecule has 1 unspecified atom stereocenters. The molecule has 6 aromatic rings. The fourth-order valence-corrected chi connectivity index (χ4v) is 6.66. The SMILES string of the molecule is CC1CC=CC(C2=NC=C(c3c4ccccc4c(-c4ccc(-c5ccccn5)nc4)c4ccc(-c5ccccc5)cc34)CC2)=N1. The third-order valence-corrected chi connectivity index (χ3v) is 8.85. The van der Waals surface area contributed by atoms with Crippen LogP contribution in [0.1, 0.15) is 31.7 Å². The highest BCUT2D eigenvalue weighted by molar-refractivity contribution is 6.47. The van der Waals surface area contributed by atoms with Crippen LogP contribution in [0.2, 0.25) is 0 Å². The Labute approximate surface area is 263 Å². The van der Waals surface area contributed by atoms with Gasteiger partial charge in [-0.25, -0.2) is 0 Å². The number of dihydropyridines is 1. The Morgan fingerprint density at radius 3 is 2.11 bits per heavy atom. The van der Waals surface area contributed by atoms with E-state index < -0.39 is 0 Å². The highest BCUT2D eigenvalue weighted by Gasteiger charge is 2.22. The van der Waals surface area contributed by atoms with Gasteiger partial charge in [0.05, 0.1) is 28.9 Å². The first-order valence-corrected chi connectivity index (χ1v) is 15.7. The van der Waals surface area contributed by atoms with Gasteiger partial charge >= 0.3 is 0 Å². The monoisotopic (exact) mass is 580 g/mol. The van der Waals surface area contributed by atoms with E-state index in [0.29, 0.717) is 6.04 Å². The third-order valence-electron chi connectivity index (χ3n) is 8.85. The Balaban J connectivity index is 1.35. The predicted octanol–water partition coefficient (Wildman–Crippen LogP) is 10.1. The second kappa shape index (κ2) is 11.5. The summed E-state index contributed by atoms with van der Waals surface area (Å²) in [5.41, 5.74) is 11.0. The first-order valence-electron chi connectivity index (χ1n) is 15.7. The van der Waals surface area contributed by atoms with Crippen molar-refractivity contribution >= 4 is 38.5 Å². The maximum Gasteiger partial charge on any atom is 0.0886 e. The lowest BCUT2D eigenvalue weighted by Crippen LogP contribution is -2.19. The normalized spacial score (nSPS) is 16.4. The van der Waals surface area contributed by atoms with Crippen LogP contribution in [0.3, 0.4) is 0 Å². The molecule has 4 nitrogen and oxygen atoms in total. The summed E-state index contributed by atoms with van der Waals surface area (Å²) < 4.78 is 0. The Morgan fingerprint density at radius 1 is 0.622 bits per heavy atom. The quantitative estimate of drug-likeness (QED) is 0.191. The van der Waals surface area contributed by atoms with Crippen LogP contribution in [-0.4, -0.2) is 27.4 Å². The molecule has 0 spiro atoms. The molecule has 4 heterocycles. The average molecular weight is 581 g/mol. The fourth-order valence-electron chi connectivity index (χ4n) is 6.66. The van der Waals surface area contributed by atoms with Gasteiger partial charge in [-0.3, -0.25) is 20.0 Å². The Hall–Kier alpha value is -5.48. The van der Waals surface area contributed by atoms with Crippen LogP contribution >= 0.6 is 0 Å². The van der Waals surface area contributed by atoms with Gasteiger partial charge in [0.2, 0.25) is 0 Å². The molecule has 2 aliphatic heterocycles. The van der Waals surface area contributed by atoms with E-state index in [0.717, 1.165) is 47.6 Å². The summed E-state index contributed by atoms with van der Waals surface area (Å²) in [7, 11) is 0. The van der Waals surface area contributed by atoms with Gasteiger partial charge in [-0.15, -0.1) is 0 Å². The van der Waals surface area contributed by atoms with Crippen molar-refractivity contribution in [3.05, 3.63) is 139 Å². The van der Waals surface area contributed by atoms with E-state index in [1.807, 2.05) is 30.6 Å². The standard InChI is InChI=1S/C41H32N4/c1-27-10-9-16-39(45-27)38-22-19-31(26-44-38)41-33-14-6-5-13-32(33)40(30-18-21-37(43-25-30)36-15-7-8-23-42-36)34-20-17-29(24-35(34)41)28-11-3-2-4-12-28/h2-9,11-18,20-21,23-27H,10,19,22H2,1H3. The maximum atomic E-state index is 5.02. The van der Waals surface area contributed by atoms with E-state index >= 15 is 0 Å². The molecule has 0 amide bonds. The Bertz CT molecular complexity index is 2170. The zero-order valence-electron chi connectivity index (χ0n) is 25.2. The van der Waals surface area contributed by atoms with E-state index in [-0.39, 0.29) is 0 Å². The molecule has 0 aliphatic carbocycles. The molecule has 216 valence electrons. The minimum absolute atomic E-state index is 0.308. The number of aromatic nitrogens is 2. The van der Waals surface area contributed by atoms with Gasteiger partial charge in [0.15, 0.2) is 0 Å². The lowest BCUT2D eigenvalue weighted by atomic mass is 9.83. The number of hydrogen-bond donors (Lipinski definition) is 0. The molecule has 0 bridgehead atoms. The van der Waals surface area contributed by atoms with E-state index in [9.17, 15) is 0 Å². The van der Waals surface area contributed by atoms with Crippen molar-refractivity contribution in [3.8, 4) is 33.6 Å². The van der Waals surface area contributed by atoms with Gasteiger partial charge in [-0.1, -0.05) is 84.9 Å². The largest absolute Gasteiger partial charge is 0.280 e. The molecule has 4 heteroatoms. The van der Waals surface area contributed by atoms with Crippen molar-refractivity contribution in [3.63, 3.8) is 0 Å². The number of nitrogens with zero attached hydrogens (tertiary/aromatic N) is 4. The second-order valence-corrected chi connectivity index (χ2v) is 11.8. The van der Waals surface area contributed by atoms with Crippen LogP contribution < -0.4 is 0 Å². The summed E-state index contributed by atoms with van der Waals surface area (Å²) in [6.45, 7) is 2.17. The van der Waals surface area contributed by atoms with Crippen LogP contribution in [0.25, 0.3) is 60.8 Å². The zero-order valence-corrected chi connectivity index (χ0v) is 25.2. The zero-order chi connectivity index (χ0) is 30.2. The minimum atomic E-state index is 0.308. The van der Waals surface area contributed by atoms with Gasteiger partial charge in [0.25, 0.3) is 0 Å². The molecule has 8 rings (SSSR count). The van der Waals surface area contributed by atoms with Crippen molar-refractivity contribution in [2.45, 2.75) is 32.2 Å². The van der Waals surface area contributed by atoms with Crippen LogP contribution in [0.15, 0.2) is 144 Å². The molecule has 0 saturated carbocycles. The van der Waals surface area contributed by atoms with Gasteiger partial charge in [-0.2, -0.15) is 0 Å². The summed E-state index contributed by atoms with van der Waals surface area (Å²) in [6.07, 6.45) is 13.0. The third kappa shape index (κ3) is 5.08. The molecular weight excluding hydrogens is 548 g/mol. The smallest absolute Gasteiger partial charge is 0.0886 e. The summed E-state index contributed by atoms with van der Waals surface area (Å²) in [5.74, 6) is 0. The van der Waals surface area contributed by atoms with Crippen molar-refractivity contribution in [2.24, 2.45) is 9.98 Å². The van der Waals surface area contributed by atoms with Crippen LogP contribution in [-0.2, 0) is 0 Å². The highest BCUT2D eigenvalue weighted by Crippen LogP contribution is 2.44. The predicted molar refractivity (Wildman–Crippen MR) is 189 cm³/mol. The molecule has 4 aromatic carbocycles. The van der Waals surface area contributed by atoms with Gasteiger partial charge < -0.3 is 0 Å². The number of pyridine rings is 2. The molecule has 2 aromatic heterocycles. The molecule has 1 atom stereocenters. The van der Waals surface area contributed by atoms with Gasteiger partial charge in [0, 0.05) is 24.2 Å². The minimum Gasteiger partial charge on any atom is -0.280 e. The van der Waals surface area contributed by atoms with Crippen molar-refractivity contribution < 1.29 is 0 Å². The van der Waals surface area contributed by atoms with Crippen molar-refractivity contribution in [1.82, 2.24) is 9.97 Å². The molecule has 2 aliphatic rings. The second-order valence-electron chi connectivity index (χ2n) is 11.8. The first kappa shape index (κ1) is 27.1. The lowest BCUT2D eigenvalue weighted by Gasteiger charge is -2.22. The summed E-state index contributed by atoms with van der Waals surface area (Å²) in [5, 5.41) is 4.88. The molecule has 0 N–H and O–H groups in total. The van der Waals surface area contributed by atoms with Gasteiger partial charge in [0.1, 0.15) is 0 Å². The number of rotatable bonds is 5. The van der Waals surface area contributed by atoms with E-state index in [4.69, 9.17) is 15.0 Å². The molecule has 45 heavy (non-hydrogen) atoms. The topological polar surface area (TPSA) is 50.5 Å². The van der Waals surface area contributed by atoms with E-state index in [2.05, 4.69) is 115 Å². The number of allylic oxidation sites excluding steroid dienone is 2. The number of fused-ring (bicyclic) bond motifs is 2. The maximum absolute atomic E-state index is 5.02. The van der Waals surface area contributed by atoms with E-state index in [1.165, 1.54) is 49.4 Å². The highest BCUT2D eigenvalue weighted by atomic mass is 14.8. The van der Waals surface area contributed by atoms with Crippen LogP contribution in [0.5, 0.6) is 0 Å². The number of aliphatic imine (C=N–C) groups is 2. The summed E-state index contributed by atoms with van der Waals surface area (Å²) in [6, 6.07) is 36.8.